The highest BCUT2D eigenvalue weighted by Crippen LogP contribution is 2.35. The monoisotopic (exact) mass is 534 g/mol. The molecule has 12 heteroatoms. The summed E-state index contributed by atoms with van der Waals surface area (Å²) in [6.07, 6.45) is 0. The highest BCUT2D eigenvalue weighted by molar-refractivity contribution is 7.92. The van der Waals surface area contributed by atoms with E-state index in [9.17, 15) is 13.2 Å². The fourth-order valence-electron chi connectivity index (χ4n) is 2.67. The molecule has 0 saturated heterocycles. The second-order valence-electron chi connectivity index (χ2n) is 6.23. The minimum atomic E-state index is -4.12. The van der Waals surface area contributed by atoms with Crippen LogP contribution in [0.3, 0.4) is 0 Å². The number of nitrogens with one attached hydrogen (secondary N) is 2. The van der Waals surface area contributed by atoms with Crippen LogP contribution in [0, 0.1) is 0 Å². The van der Waals surface area contributed by atoms with Gasteiger partial charge in [-0.3, -0.25) is 4.79 Å². The van der Waals surface area contributed by atoms with Crippen molar-refractivity contribution in [3.05, 3.63) is 73.6 Å². The maximum absolute atomic E-state index is 12.5. The maximum Gasteiger partial charge on any atom is 0.281 e. The summed E-state index contributed by atoms with van der Waals surface area (Å²) in [7, 11) is -4.12. The standard InChI is InChI=1S/C19H10Cl4N2O4S2/c20-10-1-4-16(12(21)7-10)29-11-2-3-14-9(5-11)6-15(24-14)19(26)25-31(27,28)17-8-13(22)18(23)30-17/h1-8,24H,(H,25,26). The van der Waals surface area contributed by atoms with Gasteiger partial charge >= 0.3 is 0 Å². The number of carbonyl (C=O) groups is 1. The van der Waals surface area contributed by atoms with Crippen LogP contribution in [0.1, 0.15) is 10.5 Å². The molecule has 0 spiro atoms. The Morgan fingerprint density at radius 3 is 2.42 bits per heavy atom. The molecular formula is C19H10Cl4N2O4S2. The van der Waals surface area contributed by atoms with Gasteiger partial charge in [0.25, 0.3) is 15.9 Å². The lowest BCUT2D eigenvalue weighted by atomic mass is 10.2. The van der Waals surface area contributed by atoms with Gasteiger partial charge in [-0.05, 0) is 48.5 Å². The molecule has 2 aromatic heterocycles. The summed E-state index contributed by atoms with van der Waals surface area (Å²) in [5.41, 5.74) is 0.660. The first kappa shape index (κ1) is 22.3. The second kappa shape index (κ2) is 8.54. The van der Waals surface area contributed by atoms with Crippen LogP contribution in [0.5, 0.6) is 11.5 Å². The summed E-state index contributed by atoms with van der Waals surface area (Å²) in [6.45, 7) is 0. The van der Waals surface area contributed by atoms with Crippen LogP contribution in [-0.2, 0) is 10.0 Å². The molecule has 31 heavy (non-hydrogen) atoms. The van der Waals surface area contributed by atoms with Crippen LogP contribution >= 0.6 is 57.7 Å². The van der Waals surface area contributed by atoms with Crippen molar-refractivity contribution >= 4 is 84.6 Å². The van der Waals surface area contributed by atoms with Crippen molar-refractivity contribution in [3.63, 3.8) is 0 Å². The van der Waals surface area contributed by atoms with Crippen LogP contribution in [-0.4, -0.2) is 19.3 Å². The summed E-state index contributed by atoms with van der Waals surface area (Å²) in [5.74, 6) is 0.0523. The zero-order valence-corrected chi connectivity index (χ0v) is 19.7. The number of hydrogen-bond donors (Lipinski definition) is 2. The molecule has 0 aliphatic heterocycles. The lowest BCUT2D eigenvalue weighted by Crippen LogP contribution is -2.30. The number of H-pyrrole nitrogens is 1. The molecule has 160 valence electrons. The van der Waals surface area contributed by atoms with Crippen molar-refractivity contribution in [2.24, 2.45) is 0 Å². The van der Waals surface area contributed by atoms with Crippen molar-refractivity contribution in [2.75, 3.05) is 0 Å². The van der Waals surface area contributed by atoms with Crippen LogP contribution in [0.4, 0.5) is 0 Å². The van der Waals surface area contributed by atoms with Gasteiger partial charge in [0.2, 0.25) is 0 Å². The summed E-state index contributed by atoms with van der Waals surface area (Å²) in [5, 5.41) is 1.56. The minimum Gasteiger partial charge on any atom is -0.456 e. The normalized spacial score (nSPS) is 11.6. The highest BCUT2D eigenvalue weighted by Gasteiger charge is 2.23. The summed E-state index contributed by atoms with van der Waals surface area (Å²) in [4.78, 5) is 15.4. The second-order valence-corrected chi connectivity index (χ2v) is 11.0. The van der Waals surface area contributed by atoms with E-state index in [0.29, 0.717) is 32.4 Å². The Bertz CT molecular complexity index is 1410. The molecule has 0 unspecified atom stereocenters. The summed E-state index contributed by atoms with van der Waals surface area (Å²) >= 11 is 24.4. The molecule has 2 N–H and O–H groups in total. The van der Waals surface area contributed by atoms with Crippen LogP contribution in [0.15, 0.2) is 52.7 Å². The molecule has 2 heterocycles. The summed E-state index contributed by atoms with van der Waals surface area (Å²) < 4.78 is 32.5. The molecule has 0 fully saturated rings. The third kappa shape index (κ3) is 4.79. The molecule has 0 aliphatic rings. The van der Waals surface area contributed by atoms with Crippen molar-refractivity contribution < 1.29 is 17.9 Å². The molecule has 0 aliphatic carbocycles. The molecule has 0 atom stereocenters. The average Bonchev–Trinajstić information content (AvgIpc) is 3.27. The minimum absolute atomic E-state index is 0.0500. The Hall–Kier alpha value is -1.94. The van der Waals surface area contributed by atoms with Gasteiger partial charge in [0, 0.05) is 15.9 Å². The quantitative estimate of drug-likeness (QED) is 0.295. The molecule has 0 saturated carbocycles. The molecule has 1 amide bonds. The number of aromatic amines is 1. The van der Waals surface area contributed by atoms with Gasteiger partial charge in [-0.15, -0.1) is 11.3 Å². The topological polar surface area (TPSA) is 88.3 Å². The molecule has 0 bridgehead atoms. The Morgan fingerprint density at radius 1 is 0.968 bits per heavy atom. The van der Waals surface area contributed by atoms with Crippen molar-refractivity contribution in [1.82, 2.24) is 9.71 Å². The van der Waals surface area contributed by atoms with Gasteiger partial charge in [-0.25, -0.2) is 13.1 Å². The third-order valence-corrected chi connectivity index (χ3v) is 8.27. The number of amides is 1. The molecule has 6 nitrogen and oxygen atoms in total. The number of ether oxygens (including phenoxy) is 1. The van der Waals surface area contributed by atoms with E-state index in [4.69, 9.17) is 51.1 Å². The van der Waals surface area contributed by atoms with E-state index in [-0.39, 0.29) is 19.3 Å². The number of carbonyl (C=O) groups excluding carboxylic acids is 1. The van der Waals surface area contributed by atoms with Crippen molar-refractivity contribution in [1.29, 1.82) is 0 Å². The average molecular weight is 536 g/mol. The molecular weight excluding hydrogens is 526 g/mol. The molecule has 0 radical (unpaired) electrons. The Kier molecular flexibility index (Phi) is 6.13. The largest absolute Gasteiger partial charge is 0.456 e. The van der Waals surface area contributed by atoms with Crippen molar-refractivity contribution in [2.45, 2.75) is 4.21 Å². The highest BCUT2D eigenvalue weighted by atomic mass is 35.5. The number of thiophene rings is 1. The molecule has 4 rings (SSSR count). The van der Waals surface area contributed by atoms with E-state index < -0.39 is 15.9 Å². The first-order valence-corrected chi connectivity index (χ1v) is 12.2. The maximum atomic E-state index is 12.5. The number of hydrogen-bond acceptors (Lipinski definition) is 5. The third-order valence-electron chi connectivity index (χ3n) is 4.07. The Labute approximate surface area is 200 Å². The van der Waals surface area contributed by atoms with E-state index in [1.165, 1.54) is 12.1 Å². The summed E-state index contributed by atoms with van der Waals surface area (Å²) in [6, 6.07) is 12.6. The van der Waals surface area contributed by atoms with Gasteiger partial charge in [0.15, 0.2) is 0 Å². The number of benzene rings is 2. The lowest BCUT2D eigenvalue weighted by Gasteiger charge is -2.07. The van der Waals surface area contributed by atoms with Crippen LogP contribution in [0.2, 0.25) is 19.4 Å². The van der Waals surface area contributed by atoms with E-state index in [0.717, 1.165) is 11.3 Å². The van der Waals surface area contributed by atoms with Gasteiger partial charge in [0.1, 0.15) is 25.7 Å². The number of halogens is 4. The molecule has 4 aromatic rings. The smallest absolute Gasteiger partial charge is 0.281 e. The predicted octanol–water partition coefficient (Wildman–Crippen LogP) is 6.75. The van der Waals surface area contributed by atoms with Crippen LogP contribution in [0.25, 0.3) is 10.9 Å². The van der Waals surface area contributed by atoms with Gasteiger partial charge in [-0.2, -0.15) is 0 Å². The van der Waals surface area contributed by atoms with Gasteiger partial charge in [0.05, 0.1) is 10.0 Å². The zero-order valence-electron chi connectivity index (χ0n) is 15.1. The fourth-order valence-corrected chi connectivity index (χ4v) is 5.96. The zero-order chi connectivity index (χ0) is 22.3. The van der Waals surface area contributed by atoms with Gasteiger partial charge in [-0.1, -0.05) is 46.4 Å². The van der Waals surface area contributed by atoms with E-state index in [1.807, 2.05) is 4.72 Å². The first-order chi connectivity index (χ1) is 14.6. The Morgan fingerprint density at radius 2 is 1.74 bits per heavy atom. The Balaban J connectivity index is 1.56. The first-order valence-electron chi connectivity index (χ1n) is 8.40. The van der Waals surface area contributed by atoms with Gasteiger partial charge < -0.3 is 9.72 Å². The lowest BCUT2D eigenvalue weighted by molar-refractivity contribution is 0.0977. The number of aromatic nitrogens is 1. The number of sulfonamides is 1. The number of fused-ring (bicyclic) bond motifs is 1. The van der Waals surface area contributed by atoms with E-state index in [1.54, 1.807) is 36.4 Å². The fraction of sp³-hybridized carbons (Fsp3) is 0. The molecule has 2 aromatic carbocycles. The van der Waals surface area contributed by atoms with Crippen LogP contribution < -0.4 is 9.46 Å². The number of rotatable bonds is 5. The SMILES string of the molecule is O=C(NS(=O)(=O)c1cc(Cl)c(Cl)s1)c1cc2cc(Oc3ccc(Cl)cc3Cl)ccc2[nH]1. The van der Waals surface area contributed by atoms with E-state index >= 15 is 0 Å². The predicted molar refractivity (Wildman–Crippen MR) is 124 cm³/mol. The van der Waals surface area contributed by atoms with Crippen molar-refractivity contribution in [3.8, 4) is 11.5 Å². The van der Waals surface area contributed by atoms with E-state index in [2.05, 4.69) is 4.98 Å².